The molecule has 5 aliphatic carbocycles. The molecule has 5 aromatic heterocycles. The molecule has 746 valence electrons. The van der Waals surface area contributed by atoms with E-state index in [-0.39, 0.29) is 92.4 Å². The summed E-state index contributed by atoms with van der Waals surface area (Å²) in [6.07, 6.45) is 26.2. The van der Waals surface area contributed by atoms with Crippen LogP contribution in [-0.2, 0) is 67.2 Å². The standard InChI is InChI=1S/C17H19N3O2S.C15H16N4O2S.C15H16N4OS.C15H15N3O2S.C9H11N.C8H9ClN2O2S.C8H10N2O.C7H5N.C3H3NO.C2H4O3.CH4.Li.H2O/c1-3-22-15(21)13-11-18-16(23-2)19-14(13)20-17(9-10-17)12-7-5-4-6-8-12;1-22(21)14-17-9-11(12(16)20)13(18-14)19-15(7-8-15)10-5-3-2-4-6-10;1-21-14-17-9-11(12(16)20)13(18-14)19-15(7-8-15)10-5-3-2-4-6-10;1-21-14-16-9-11(13(19)20)12(17-14)18-15(7-8-15)10-5-3-2-4-6-10;10-9(6-7-9)8-4-2-1-3-5-8;1-3-13-7(12)5-4-10-8(14-2)11-6(5)9;1-6(11)10-8-4-2-3-7(9)5-8;8-6-7-4-2-1-3-5-7;1-3(5)2-4;1-2(3)5-4;;;/h4-8,11H,3,9-10H2,1-2H3,(H,18,19,20);2-6,9H,7-8H2,1H3,(H2,16,20)(H,17,18,19);2-6,9H,7-8H2,1H3,(H2,16,20)(H,17,18,19);2-6,9H,7-8H2,1H3,(H,19,20)(H,16,17,18);1-5H,6-7,10H2;4H,3H2,1-2H3;2-5H,9H2,1H3,(H,10,11);1-5H;1H3;4H,1H3;1H4;;1H2/q;;;;;;;;;;;+1;/p-1. The van der Waals surface area contributed by atoms with Crippen molar-refractivity contribution in [2.75, 3.05) is 76.8 Å². The van der Waals surface area contributed by atoms with Gasteiger partial charge in [-0.15, -0.1) is 0 Å². The van der Waals surface area contributed by atoms with Crippen molar-refractivity contribution >= 4 is 151 Å². The molecule has 1 unspecified atom stereocenters. The summed E-state index contributed by atoms with van der Waals surface area (Å²) < 4.78 is 21.5. The number of nitrogens with zero attached hydrogens (tertiary/aromatic N) is 12. The van der Waals surface area contributed by atoms with Gasteiger partial charge >= 0.3 is 42.7 Å². The third-order valence-electron chi connectivity index (χ3n) is 20.8. The molecule has 16 N–H and O–H groups in total. The fourth-order valence-corrected chi connectivity index (χ4v) is 14.9. The number of thioether (sulfide) groups is 4. The van der Waals surface area contributed by atoms with Crippen LogP contribution in [0.1, 0.15) is 191 Å². The average Bonchev–Trinajstić information content (AvgIpc) is 1.62. The normalized spacial score (nSPS) is 13.5. The smallest absolute Gasteiger partial charge is 0.870 e. The molecule has 36 nitrogen and oxygen atoms in total. The van der Waals surface area contributed by atoms with Gasteiger partial charge in [0.2, 0.25) is 16.8 Å². The summed E-state index contributed by atoms with van der Waals surface area (Å²) in [4.78, 5) is 132. The number of aromatic carboxylic acids is 1. The molecule has 0 bridgehead atoms. The Bertz CT molecular complexity index is 6190. The number of halogens is 1. The second-order valence-electron chi connectivity index (χ2n) is 31.1. The number of nitriles is 2. The van der Waals surface area contributed by atoms with Crippen LogP contribution < -0.4 is 68.4 Å². The number of esters is 2. The Morgan fingerprint density at radius 1 is 0.469 bits per heavy atom. The Kier molecular flexibility index (Phi) is 49.5. The minimum absolute atomic E-state index is 0. The van der Waals surface area contributed by atoms with Crippen LogP contribution in [0.3, 0.4) is 0 Å². The fourth-order valence-electron chi connectivity index (χ4n) is 12.8. The van der Waals surface area contributed by atoms with Crippen LogP contribution in [0.2, 0.25) is 5.15 Å². The summed E-state index contributed by atoms with van der Waals surface area (Å²) in [5.74, 6) is -2.46. The van der Waals surface area contributed by atoms with Gasteiger partial charge in [0.1, 0.15) is 51.2 Å². The quantitative estimate of drug-likeness (QED) is 0.00229. The average molecular weight is 2050 g/mol. The van der Waals surface area contributed by atoms with Gasteiger partial charge in [-0.25, -0.2) is 69.0 Å². The van der Waals surface area contributed by atoms with E-state index in [9.17, 15) is 47.7 Å². The minimum atomic E-state index is -1.33. The number of nitrogen functional groups attached to an aromatic ring is 1. The summed E-state index contributed by atoms with van der Waals surface area (Å²) in [6, 6.07) is 70.4. The van der Waals surface area contributed by atoms with Crippen molar-refractivity contribution in [2.45, 2.75) is 160 Å². The predicted octanol–water partition coefficient (Wildman–Crippen LogP) is 14.3. The van der Waals surface area contributed by atoms with Crippen molar-refractivity contribution in [3.63, 3.8) is 0 Å². The summed E-state index contributed by atoms with van der Waals surface area (Å²) in [5, 5.41) is 51.2. The molecule has 1 atom stereocenters. The summed E-state index contributed by atoms with van der Waals surface area (Å²) in [5.41, 5.74) is 30.9. The molecule has 0 spiro atoms. The minimum Gasteiger partial charge on any atom is -0.870 e. The van der Waals surface area contributed by atoms with Gasteiger partial charge in [0, 0.05) is 74.9 Å². The van der Waals surface area contributed by atoms with Crippen LogP contribution in [-0.4, -0.2) is 162 Å². The van der Waals surface area contributed by atoms with E-state index in [2.05, 4.69) is 130 Å². The number of carboxylic acid groups (broad SMARTS) is 1. The van der Waals surface area contributed by atoms with Gasteiger partial charge in [-0.05, 0) is 161 Å². The van der Waals surface area contributed by atoms with Crippen molar-refractivity contribution in [3.05, 3.63) is 304 Å². The van der Waals surface area contributed by atoms with E-state index in [0.29, 0.717) is 79.5 Å². The molecule has 5 aliphatic rings. The number of rotatable bonds is 26. The first kappa shape index (κ1) is 120. The van der Waals surface area contributed by atoms with Crippen LogP contribution in [0.15, 0.2) is 263 Å². The molecule has 0 radical (unpaired) electrons. The summed E-state index contributed by atoms with van der Waals surface area (Å²) in [7, 11) is -1.33. The third kappa shape index (κ3) is 37.9. The monoisotopic (exact) mass is 2050 g/mol. The van der Waals surface area contributed by atoms with Gasteiger partial charge < -0.3 is 74.5 Å². The summed E-state index contributed by atoms with van der Waals surface area (Å²) >= 11 is 11.4. The van der Waals surface area contributed by atoms with E-state index in [1.807, 2.05) is 152 Å². The van der Waals surface area contributed by atoms with Crippen LogP contribution >= 0.6 is 58.6 Å². The SMILES string of the molecule is C.CC(=O)C#N.CC(=O)Nc1cccc(N)c1.CC(=O)OO.CCOC(=O)c1cnc(SC)nc1Cl.CCOC(=O)c1cnc(SC)nc1NC1(c2ccccc2)CC1.CS(=O)c1ncc(C(N)=O)c(NC2(c3ccccc3)CC2)n1.CSc1ncc(C(=O)O)c(NC2(c3ccccc3)CC2)n1.CSc1ncc(C(N)=O)c(NC2(c3ccccc3)CC2)n1.N#Cc1ccccc1.NC1(c2ccccc2)CC1.[Li+].[OH-]. The molecule has 143 heavy (non-hydrogen) atoms. The van der Waals surface area contributed by atoms with Gasteiger partial charge in [-0.2, -0.15) is 15.8 Å². The Hall–Kier alpha value is -13.8. The largest absolute Gasteiger partial charge is 1.00 e. The maximum Gasteiger partial charge on any atom is 1.00 e. The van der Waals surface area contributed by atoms with Crippen molar-refractivity contribution < 1.29 is 91.6 Å². The zero-order chi connectivity index (χ0) is 102. The maximum absolute atomic E-state index is 12.2. The number of ether oxygens (including phenoxy) is 2. The number of hydrogen-bond donors (Lipinski definition) is 11. The fraction of sp³-hybridized carbons (Fsp3) is 0.280. The molecular weight excluding hydrogens is 1940 g/mol. The number of aromatic nitrogens is 10. The van der Waals surface area contributed by atoms with Crippen LogP contribution in [0.25, 0.3) is 0 Å². The second kappa shape index (κ2) is 59.2. The number of amides is 3. The maximum atomic E-state index is 12.2. The molecule has 0 aliphatic heterocycles. The van der Waals surface area contributed by atoms with E-state index < -0.39 is 52.3 Å². The van der Waals surface area contributed by atoms with E-state index in [4.69, 9.17) is 59.8 Å². The first-order valence-electron chi connectivity index (χ1n) is 43.3. The Balaban J connectivity index is 0.000000288. The number of hydrogen-bond acceptors (Lipinski definition) is 36. The van der Waals surface area contributed by atoms with Crippen molar-refractivity contribution in [2.24, 2.45) is 17.2 Å². The molecule has 5 saturated carbocycles. The number of primary amides is 2. The van der Waals surface area contributed by atoms with Crippen molar-refractivity contribution in [3.8, 4) is 12.1 Å². The van der Waals surface area contributed by atoms with Crippen LogP contribution in [0.5, 0.6) is 0 Å². The topological polar surface area (TPSA) is 592 Å². The van der Waals surface area contributed by atoms with Crippen molar-refractivity contribution in [1.82, 2.24) is 49.8 Å². The number of benzene rings is 7. The molecule has 43 heteroatoms. The number of carbonyl (C=O) groups is 8. The van der Waals surface area contributed by atoms with Crippen LogP contribution in [0.4, 0.5) is 34.6 Å². The molecule has 7 aromatic carbocycles. The zero-order valence-corrected chi connectivity index (χ0v) is 84.7. The molecule has 17 rings (SSSR count). The van der Waals surface area contributed by atoms with E-state index >= 15 is 0 Å². The van der Waals surface area contributed by atoms with Gasteiger partial charge in [0.05, 0.1) is 68.9 Å². The zero-order valence-electron chi connectivity index (χ0n) is 79.8. The molecule has 0 saturated heterocycles. The number of ketones is 1. The first-order chi connectivity index (χ1) is 67.1. The Morgan fingerprint density at radius 2 is 0.776 bits per heavy atom. The van der Waals surface area contributed by atoms with E-state index in [1.54, 1.807) is 56.4 Å². The van der Waals surface area contributed by atoms with Gasteiger partial charge in [-0.1, -0.05) is 242 Å². The van der Waals surface area contributed by atoms with Gasteiger partial charge in [0.15, 0.2) is 20.6 Å². The van der Waals surface area contributed by atoms with Crippen LogP contribution in [0, 0.1) is 22.7 Å². The number of carbonyl (C=O) groups excluding carboxylic acids is 7. The number of nitrogens with two attached hydrogens (primary N) is 4. The first-order valence-corrected chi connectivity index (χ1v) is 50.2. The Morgan fingerprint density at radius 3 is 1.06 bits per heavy atom. The van der Waals surface area contributed by atoms with E-state index in [1.165, 1.54) is 115 Å². The molecule has 3 amide bonds. The van der Waals surface area contributed by atoms with Gasteiger partial charge in [0.25, 0.3) is 11.8 Å². The second-order valence-corrected chi connectivity index (χ2v) is 35.8. The van der Waals surface area contributed by atoms with Crippen molar-refractivity contribution in [1.29, 1.82) is 10.5 Å². The number of Topliss-reactive ketones (excluding diaryl/α,β-unsaturated/α-hetero) is 1. The number of anilines is 6. The predicted molar refractivity (Wildman–Crippen MR) is 552 cm³/mol. The van der Waals surface area contributed by atoms with E-state index in [0.717, 1.165) is 87.9 Å². The number of nitrogens with one attached hydrogen (secondary N) is 5. The molecule has 5 heterocycles. The molecule has 5 fully saturated rings. The Labute approximate surface area is 866 Å². The van der Waals surface area contributed by atoms with Gasteiger partial charge in [-0.3, -0.25) is 23.4 Å². The summed E-state index contributed by atoms with van der Waals surface area (Å²) in [6.45, 7) is 7.94. The molecular formula is C100H113ClLiN21O15S5. The molecule has 12 aromatic rings. The number of carboxylic acids is 1. The third-order valence-corrected chi connectivity index (χ3v) is 24.0.